The molecule has 1 aromatic rings. The van der Waals surface area contributed by atoms with E-state index >= 15 is 0 Å². The summed E-state index contributed by atoms with van der Waals surface area (Å²) in [4.78, 5) is 0. The molecule has 1 aliphatic carbocycles. The van der Waals surface area contributed by atoms with Gasteiger partial charge in [-0.05, 0) is 37.3 Å². The van der Waals surface area contributed by atoms with E-state index in [4.69, 9.17) is 9.47 Å². The van der Waals surface area contributed by atoms with Crippen molar-refractivity contribution in [3.63, 3.8) is 0 Å². The Morgan fingerprint density at radius 3 is 2.89 bits per heavy atom. The average molecular weight is 261 g/mol. The topological polar surface area (TPSA) is 30.5 Å². The second-order valence-corrected chi connectivity index (χ2v) is 6.32. The molecule has 3 heteroatoms. The van der Waals surface area contributed by atoms with Crippen LogP contribution >= 0.6 is 0 Å². The van der Waals surface area contributed by atoms with Crippen molar-refractivity contribution < 1.29 is 9.47 Å². The van der Waals surface area contributed by atoms with Crippen molar-refractivity contribution in [2.24, 2.45) is 5.41 Å². The Labute approximate surface area is 115 Å². The lowest BCUT2D eigenvalue weighted by atomic mass is 10.1. The van der Waals surface area contributed by atoms with Gasteiger partial charge in [0.2, 0.25) is 0 Å². The Hall–Kier alpha value is -1.22. The van der Waals surface area contributed by atoms with Crippen molar-refractivity contribution in [2.75, 3.05) is 13.7 Å². The van der Waals surface area contributed by atoms with Crippen LogP contribution in [0.25, 0.3) is 0 Å². The molecule has 1 saturated carbocycles. The summed E-state index contributed by atoms with van der Waals surface area (Å²) in [6.07, 6.45) is 3.97. The molecule has 0 aromatic heterocycles. The van der Waals surface area contributed by atoms with Gasteiger partial charge in [-0.2, -0.15) is 0 Å². The molecule has 0 radical (unpaired) electrons. The molecule has 1 fully saturated rings. The van der Waals surface area contributed by atoms with Crippen molar-refractivity contribution in [2.45, 2.75) is 45.8 Å². The van der Waals surface area contributed by atoms with Gasteiger partial charge < -0.3 is 14.8 Å². The van der Waals surface area contributed by atoms with Gasteiger partial charge in [0.15, 0.2) is 0 Å². The van der Waals surface area contributed by atoms with Crippen molar-refractivity contribution in [1.29, 1.82) is 0 Å². The predicted octanol–water partition coefficient (Wildman–Crippen LogP) is 2.91. The van der Waals surface area contributed by atoms with E-state index in [-0.39, 0.29) is 6.10 Å². The van der Waals surface area contributed by atoms with Crippen LogP contribution in [0.5, 0.6) is 11.5 Å². The van der Waals surface area contributed by atoms with Crippen LogP contribution in [0, 0.1) is 5.41 Å². The van der Waals surface area contributed by atoms with E-state index in [9.17, 15) is 0 Å². The first-order valence-corrected chi connectivity index (χ1v) is 7.17. The summed E-state index contributed by atoms with van der Waals surface area (Å²) in [5, 5.41) is 3.55. The van der Waals surface area contributed by atoms with Gasteiger partial charge in [-0.1, -0.05) is 6.92 Å². The van der Waals surface area contributed by atoms with E-state index < -0.39 is 0 Å². The number of fused-ring (bicyclic) bond motifs is 1. The zero-order valence-electron chi connectivity index (χ0n) is 12.1. The summed E-state index contributed by atoms with van der Waals surface area (Å²) in [5.41, 5.74) is 3.00. The van der Waals surface area contributed by atoms with E-state index in [0.29, 0.717) is 5.41 Å². The van der Waals surface area contributed by atoms with E-state index in [1.165, 1.54) is 24.0 Å². The number of rotatable bonds is 5. The summed E-state index contributed by atoms with van der Waals surface area (Å²) in [6.45, 7) is 6.39. The molecule has 1 aromatic carbocycles. The number of benzene rings is 1. The fourth-order valence-corrected chi connectivity index (χ4v) is 2.70. The quantitative estimate of drug-likeness (QED) is 0.884. The van der Waals surface area contributed by atoms with Crippen molar-refractivity contribution >= 4 is 0 Å². The minimum Gasteiger partial charge on any atom is -0.496 e. The zero-order valence-corrected chi connectivity index (χ0v) is 12.1. The lowest BCUT2D eigenvalue weighted by Gasteiger charge is -2.14. The van der Waals surface area contributed by atoms with Crippen LogP contribution in [0.2, 0.25) is 0 Å². The second-order valence-electron chi connectivity index (χ2n) is 6.32. The first kappa shape index (κ1) is 12.8. The van der Waals surface area contributed by atoms with Gasteiger partial charge >= 0.3 is 0 Å². The lowest BCUT2D eigenvalue weighted by Crippen LogP contribution is -2.21. The van der Waals surface area contributed by atoms with Gasteiger partial charge in [0.25, 0.3) is 0 Å². The number of methoxy groups -OCH3 is 1. The molecule has 1 heterocycles. The minimum atomic E-state index is 0.285. The smallest absolute Gasteiger partial charge is 0.123 e. The van der Waals surface area contributed by atoms with Crippen LogP contribution in [0.4, 0.5) is 0 Å². The maximum Gasteiger partial charge on any atom is 0.123 e. The van der Waals surface area contributed by atoms with Crippen molar-refractivity contribution in [3.8, 4) is 11.5 Å². The zero-order chi connectivity index (χ0) is 13.5. The lowest BCUT2D eigenvalue weighted by molar-refractivity contribution is 0.254. The largest absolute Gasteiger partial charge is 0.496 e. The molecule has 19 heavy (non-hydrogen) atoms. The maximum atomic E-state index is 5.82. The van der Waals surface area contributed by atoms with Crippen molar-refractivity contribution in [1.82, 2.24) is 5.32 Å². The molecular formula is C16H23NO2. The second kappa shape index (κ2) is 4.71. The highest BCUT2D eigenvalue weighted by Crippen LogP contribution is 2.44. The Kier molecular flexibility index (Phi) is 3.17. The van der Waals surface area contributed by atoms with E-state index in [2.05, 4.69) is 31.3 Å². The molecule has 2 aliphatic rings. The molecular weight excluding hydrogens is 238 g/mol. The van der Waals surface area contributed by atoms with Crippen LogP contribution in [0.3, 0.4) is 0 Å². The fraction of sp³-hybridized carbons (Fsp3) is 0.625. The molecule has 1 unspecified atom stereocenters. The Morgan fingerprint density at radius 2 is 2.21 bits per heavy atom. The van der Waals surface area contributed by atoms with Gasteiger partial charge in [0.1, 0.15) is 17.6 Å². The molecule has 0 bridgehead atoms. The van der Waals surface area contributed by atoms with Crippen LogP contribution < -0.4 is 14.8 Å². The van der Waals surface area contributed by atoms with Crippen molar-refractivity contribution in [3.05, 3.63) is 23.3 Å². The summed E-state index contributed by atoms with van der Waals surface area (Å²) in [6, 6.07) is 4.27. The molecule has 104 valence electrons. The monoisotopic (exact) mass is 261 g/mol. The molecule has 0 saturated heterocycles. The maximum absolute atomic E-state index is 5.82. The summed E-state index contributed by atoms with van der Waals surface area (Å²) < 4.78 is 11.3. The van der Waals surface area contributed by atoms with Crippen LogP contribution in [-0.4, -0.2) is 19.8 Å². The summed E-state index contributed by atoms with van der Waals surface area (Å²) in [5.74, 6) is 2.01. The van der Waals surface area contributed by atoms with Gasteiger partial charge in [0, 0.05) is 30.6 Å². The highest BCUT2D eigenvalue weighted by atomic mass is 16.5. The molecule has 0 spiro atoms. The number of hydrogen-bond acceptors (Lipinski definition) is 3. The Morgan fingerprint density at radius 1 is 1.42 bits per heavy atom. The third-order valence-corrected chi connectivity index (χ3v) is 4.27. The molecule has 1 N–H and O–H groups in total. The SMILES string of the molecule is COc1cc2c(cc1CNCC1(C)CC1)OC(C)C2. The average Bonchev–Trinajstić information content (AvgIpc) is 2.99. The Balaban J connectivity index is 1.71. The first-order valence-electron chi connectivity index (χ1n) is 7.17. The highest BCUT2D eigenvalue weighted by Gasteiger charge is 2.36. The minimum absolute atomic E-state index is 0.285. The molecule has 1 aliphatic heterocycles. The predicted molar refractivity (Wildman–Crippen MR) is 75.8 cm³/mol. The molecule has 1 atom stereocenters. The highest BCUT2D eigenvalue weighted by molar-refractivity contribution is 5.48. The van der Waals surface area contributed by atoms with E-state index in [0.717, 1.165) is 31.0 Å². The van der Waals surface area contributed by atoms with Gasteiger partial charge in [-0.25, -0.2) is 0 Å². The van der Waals surface area contributed by atoms with E-state index in [1.54, 1.807) is 7.11 Å². The Bertz CT molecular complexity index is 480. The van der Waals surface area contributed by atoms with Crippen LogP contribution in [0.15, 0.2) is 12.1 Å². The van der Waals surface area contributed by atoms with Crippen LogP contribution in [0.1, 0.15) is 37.8 Å². The third kappa shape index (κ3) is 2.71. The van der Waals surface area contributed by atoms with Gasteiger partial charge in [-0.15, -0.1) is 0 Å². The molecule has 3 rings (SSSR count). The third-order valence-electron chi connectivity index (χ3n) is 4.27. The van der Waals surface area contributed by atoms with Gasteiger partial charge in [0.05, 0.1) is 7.11 Å². The summed E-state index contributed by atoms with van der Waals surface area (Å²) >= 11 is 0. The van der Waals surface area contributed by atoms with E-state index in [1.807, 2.05) is 0 Å². The summed E-state index contributed by atoms with van der Waals surface area (Å²) in [7, 11) is 1.74. The number of ether oxygens (including phenoxy) is 2. The first-order chi connectivity index (χ1) is 9.09. The number of hydrogen-bond donors (Lipinski definition) is 1. The number of nitrogens with one attached hydrogen (secondary N) is 1. The fourth-order valence-electron chi connectivity index (χ4n) is 2.70. The van der Waals surface area contributed by atoms with Crippen LogP contribution in [-0.2, 0) is 13.0 Å². The molecule has 3 nitrogen and oxygen atoms in total. The van der Waals surface area contributed by atoms with Gasteiger partial charge in [-0.3, -0.25) is 0 Å². The normalized spacial score (nSPS) is 22.8. The molecule has 0 amide bonds. The standard InChI is InChI=1S/C16H23NO2/c1-11-6-12-7-14(18-3)13(8-15(12)19-11)9-17-10-16(2)4-5-16/h7-8,11,17H,4-6,9-10H2,1-3H3.